The van der Waals surface area contributed by atoms with Gasteiger partial charge in [0, 0.05) is 6.54 Å². The Morgan fingerprint density at radius 1 is 1.34 bits per heavy atom. The first-order valence-corrected chi connectivity index (χ1v) is 8.92. The molecule has 9 heteroatoms. The molecule has 3 aromatic rings. The lowest BCUT2D eigenvalue weighted by Crippen LogP contribution is -2.27. The average Bonchev–Trinajstić information content (AvgIpc) is 3.37. The third-order valence-corrected chi connectivity index (χ3v) is 4.05. The second-order valence-electron chi connectivity index (χ2n) is 6.13. The number of carbonyl (C=O) groups is 1. The summed E-state index contributed by atoms with van der Waals surface area (Å²) in [6.07, 6.45) is 4.97. The summed E-state index contributed by atoms with van der Waals surface area (Å²) in [5.74, 6) is 1.04. The van der Waals surface area contributed by atoms with Crippen LogP contribution in [-0.4, -0.2) is 27.2 Å². The SMILES string of the molecule is C=CCc1ccccc1OCc1ccc(C(=O)NCCn2cc([N+](=O)[O-])cn2)o1. The Bertz CT molecular complexity index is 1010. The summed E-state index contributed by atoms with van der Waals surface area (Å²) in [5, 5.41) is 17.2. The molecule has 0 saturated heterocycles. The van der Waals surface area contributed by atoms with Gasteiger partial charge in [-0.05, 0) is 30.2 Å². The zero-order chi connectivity index (χ0) is 20.6. The molecule has 150 valence electrons. The van der Waals surface area contributed by atoms with E-state index in [1.807, 2.05) is 24.3 Å². The molecule has 0 atom stereocenters. The molecule has 0 bridgehead atoms. The van der Waals surface area contributed by atoms with E-state index in [1.165, 1.54) is 10.9 Å². The topological polar surface area (TPSA) is 112 Å². The fourth-order valence-corrected chi connectivity index (χ4v) is 2.64. The van der Waals surface area contributed by atoms with Crippen LogP contribution in [0.1, 0.15) is 21.9 Å². The van der Waals surface area contributed by atoms with Crippen molar-refractivity contribution in [3.05, 3.63) is 88.6 Å². The van der Waals surface area contributed by atoms with Gasteiger partial charge in [0.25, 0.3) is 5.91 Å². The quantitative estimate of drug-likeness (QED) is 0.320. The second-order valence-corrected chi connectivity index (χ2v) is 6.13. The predicted molar refractivity (Wildman–Crippen MR) is 105 cm³/mol. The highest BCUT2D eigenvalue weighted by molar-refractivity contribution is 5.91. The van der Waals surface area contributed by atoms with Gasteiger partial charge < -0.3 is 14.5 Å². The Balaban J connectivity index is 1.49. The molecule has 2 heterocycles. The zero-order valence-corrected chi connectivity index (χ0v) is 15.6. The van der Waals surface area contributed by atoms with E-state index in [-0.39, 0.29) is 30.5 Å². The monoisotopic (exact) mass is 396 g/mol. The van der Waals surface area contributed by atoms with Gasteiger partial charge in [0.1, 0.15) is 30.5 Å². The zero-order valence-electron chi connectivity index (χ0n) is 15.6. The molecule has 9 nitrogen and oxygen atoms in total. The number of aromatic nitrogens is 2. The van der Waals surface area contributed by atoms with Gasteiger partial charge in [-0.1, -0.05) is 24.3 Å². The van der Waals surface area contributed by atoms with E-state index in [0.717, 1.165) is 17.5 Å². The smallest absolute Gasteiger partial charge is 0.306 e. The highest BCUT2D eigenvalue weighted by Gasteiger charge is 2.13. The molecule has 29 heavy (non-hydrogen) atoms. The van der Waals surface area contributed by atoms with E-state index >= 15 is 0 Å². The normalized spacial score (nSPS) is 10.5. The molecule has 1 aromatic carbocycles. The summed E-state index contributed by atoms with van der Waals surface area (Å²) < 4.78 is 12.7. The molecule has 1 amide bonds. The molecule has 0 saturated carbocycles. The van der Waals surface area contributed by atoms with Gasteiger partial charge in [0.05, 0.1) is 11.5 Å². The number of hydrogen-bond acceptors (Lipinski definition) is 6. The fourth-order valence-electron chi connectivity index (χ4n) is 2.64. The number of carbonyl (C=O) groups excluding carboxylic acids is 1. The van der Waals surface area contributed by atoms with Crippen LogP contribution in [0.25, 0.3) is 0 Å². The maximum absolute atomic E-state index is 12.2. The molecule has 0 spiro atoms. The van der Waals surface area contributed by atoms with Crippen LogP contribution in [0.2, 0.25) is 0 Å². The van der Waals surface area contributed by atoms with Crippen LogP contribution in [0.5, 0.6) is 5.75 Å². The Morgan fingerprint density at radius 2 is 2.17 bits per heavy atom. The molecule has 3 rings (SSSR count). The lowest BCUT2D eigenvalue weighted by Gasteiger charge is -2.09. The molecule has 0 aliphatic carbocycles. The number of amides is 1. The molecule has 0 fully saturated rings. The van der Waals surface area contributed by atoms with Crippen molar-refractivity contribution < 1.29 is 18.9 Å². The molecule has 0 radical (unpaired) electrons. The van der Waals surface area contributed by atoms with Crippen molar-refractivity contribution in [1.29, 1.82) is 0 Å². The molecule has 0 unspecified atom stereocenters. The minimum absolute atomic E-state index is 0.0957. The fraction of sp³-hybridized carbons (Fsp3) is 0.200. The number of nitro groups is 1. The minimum atomic E-state index is -0.523. The van der Waals surface area contributed by atoms with Gasteiger partial charge in [-0.2, -0.15) is 5.10 Å². The standard InChI is InChI=1S/C20H20N4O5/c1-2-5-15-6-3-4-7-18(15)28-14-17-8-9-19(29-17)20(25)21-10-11-23-13-16(12-22-23)24(26)27/h2-4,6-9,12-13H,1,5,10-11,14H2,(H,21,25). The first kappa shape index (κ1) is 19.9. The van der Waals surface area contributed by atoms with Crippen LogP contribution in [0.15, 0.2) is 65.9 Å². The maximum Gasteiger partial charge on any atom is 0.306 e. The van der Waals surface area contributed by atoms with Crippen molar-refractivity contribution in [3.63, 3.8) is 0 Å². The Morgan fingerprint density at radius 3 is 2.93 bits per heavy atom. The van der Waals surface area contributed by atoms with Gasteiger partial charge in [-0.25, -0.2) is 0 Å². The number of allylic oxidation sites excluding steroid dienone is 1. The highest BCUT2D eigenvalue weighted by atomic mass is 16.6. The summed E-state index contributed by atoms with van der Waals surface area (Å²) in [6, 6.07) is 10.9. The molecule has 1 N–H and O–H groups in total. The molecule has 0 aliphatic rings. The van der Waals surface area contributed by atoms with E-state index in [0.29, 0.717) is 18.7 Å². The molecular formula is C20H20N4O5. The minimum Gasteiger partial charge on any atom is -0.485 e. The van der Waals surface area contributed by atoms with Crippen molar-refractivity contribution in [1.82, 2.24) is 15.1 Å². The van der Waals surface area contributed by atoms with Crippen LogP contribution in [0.4, 0.5) is 5.69 Å². The number of furan rings is 1. The summed E-state index contributed by atoms with van der Waals surface area (Å²) in [4.78, 5) is 22.3. The van der Waals surface area contributed by atoms with Crippen molar-refractivity contribution in [2.45, 2.75) is 19.6 Å². The molecular weight excluding hydrogens is 376 g/mol. The van der Waals surface area contributed by atoms with Gasteiger partial charge in [-0.15, -0.1) is 6.58 Å². The number of ether oxygens (including phenoxy) is 1. The van der Waals surface area contributed by atoms with Crippen molar-refractivity contribution >= 4 is 11.6 Å². The summed E-state index contributed by atoms with van der Waals surface area (Å²) in [5.41, 5.74) is 0.924. The number of rotatable bonds is 10. The maximum atomic E-state index is 12.2. The summed E-state index contributed by atoms with van der Waals surface area (Å²) in [7, 11) is 0. The largest absolute Gasteiger partial charge is 0.485 e. The van der Waals surface area contributed by atoms with Crippen LogP contribution in [0.3, 0.4) is 0 Å². The predicted octanol–water partition coefficient (Wildman–Crippen LogP) is 3.12. The van der Waals surface area contributed by atoms with Crippen molar-refractivity contribution in [2.24, 2.45) is 0 Å². The number of hydrogen-bond donors (Lipinski definition) is 1. The van der Waals surface area contributed by atoms with E-state index in [4.69, 9.17) is 9.15 Å². The van der Waals surface area contributed by atoms with Crippen LogP contribution < -0.4 is 10.1 Å². The Labute approximate surface area is 166 Å². The second kappa shape index (κ2) is 9.36. The number of benzene rings is 1. The highest BCUT2D eigenvalue weighted by Crippen LogP contribution is 2.20. The van der Waals surface area contributed by atoms with Crippen LogP contribution in [0, 0.1) is 10.1 Å². The summed E-state index contributed by atoms with van der Waals surface area (Å²) in [6.45, 7) is 4.48. The summed E-state index contributed by atoms with van der Waals surface area (Å²) >= 11 is 0. The van der Waals surface area contributed by atoms with Crippen LogP contribution in [-0.2, 0) is 19.6 Å². The van der Waals surface area contributed by atoms with Gasteiger partial charge in [-0.3, -0.25) is 19.6 Å². The van der Waals surface area contributed by atoms with Gasteiger partial charge in [0.15, 0.2) is 5.76 Å². The van der Waals surface area contributed by atoms with Crippen molar-refractivity contribution in [2.75, 3.05) is 6.54 Å². The Kier molecular flexibility index (Phi) is 6.41. The third kappa shape index (κ3) is 5.32. The lowest BCUT2D eigenvalue weighted by molar-refractivity contribution is -0.385. The number of nitrogens with zero attached hydrogens (tertiary/aromatic N) is 3. The molecule has 2 aromatic heterocycles. The molecule has 0 aliphatic heterocycles. The van der Waals surface area contributed by atoms with E-state index in [9.17, 15) is 14.9 Å². The number of nitrogens with one attached hydrogen (secondary N) is 1. The van der Waals surface area contributed by atoms with Gasteiger partial charge in [0.2, 0.25) is 0 Å². The first-order valence-electron chi connectivity index (χ1n) is 8.92. The first-order chi connectivity index (χ1) is 14.1. The Hall–Kier alpha value is -3.88. The van der Waals surface area contributed by atoms with E-state index in [1.54, 1.807) is 18.2 Å². The van der Waals surface area contributed by atoms with E-state index in [2.05, 4.69) is 17.0 Å². The van der Waals surface area contributed by atoms with E-state index < -0.39 is 4.92 Å². The average molecular weight is 396 g/mol. The number of para-hydroxylation sites is 1. The van der Waals surface area contributed by atoms with Crippen molar-refractivity contribution in [3.8, 4) is 5.75 Å². The van der Waals surface area contributed by atoms with Gasteiger partial charge >= 0.3 is 5.69 Å². The van der Waals surface area contributed by atoms with Crippen LogP contribution >= 0.6 is 0 Å². The lowest BCUT2D eigenvalue weighted by atomic mass is 10.1. The third-order valence-electron chi connectivity index (χ3n) is 4.05.